The molecule has 3 nitrogen and oxygen atoms in total. The fourth-order valence-electron chi connectivity index (χ4n) is 1.17. The molecule has 0 unspecified atom stereocenters. The van der Waals surface area contributed by atoms with E-state index in [2.05, 4.69) is 23.8 Å². The molecule has 0 atom stereocenters. The monoisotopic (exact) mass is 292 g/mol. The van der Waals surface area contributed by atoms with Gasteiger partial charge in [-0.05, 0) is 6.42 Å². The third-order valence-corrected chi connectivity index (χ3v) is 4.99. The quantitative estimate of drug-likeness (QED) is 0.313. The lowest BCUT2D eigenvalue weighted by molar-refractivity contribution is -0.0542. The first-order chi connectivity index (χ1) is 7.46. The van der Waals surface area contributed by atoms with Crippen LogP contribution in [0.2, 0.25) is 25.7 Å². The van der Waals surface area contributed by atoms with E-state index in [1.165, 1.54) is 0 Å². The minimum atomic E-state index is -5.40. The van der Waals surface area contributed by atoms with Crippen molar-refractivity contribution in [2.75, 3.05) is 6.61 Å². The molecule has 0 amide bonds. The molecule has 0 fully saturated rings. The van der Waals surface area contributed by atoms with Crippen LogP contribution in [0.15, 0.2) is 0 Å². The summed E-state index contributed by atoms with van der Waals surface area (Å²) in [6.45, 7) is 6.22. The van der Waals surface area contributed by atoms with Crippen LogP contribution in [0.1, 0.15) is 19.3 Å². The zero-order valence-electron chi connectivity index (χ0n) is 10.3. The molecule has 0 aliphatic carbocycles. The van der Waals surface area contributed by atoms with Crippen LogP contribution in [0.5, 0.6) is 0 Å². The van der Waals surface area contributed by atoms with Gasteiger partial charge in [0.15, 0.2) is 0 Å². The maximum absolute atomic E-state index is 11.9. The van der Waals surface area contributed by atoms with Crippen molar-refractivity contribution in [3.05, 3.63) is 0 Å². The zero-order chi connectivity index (χ0) is 13.7. The molecule has 17 heavy (non-hydrogen) atoms. The highest BCUT2D eigenvalue weighted by atomic mass is 32.2. The van der Waals surface area contributed by atoms with Gasteiger partial charge in [-0.2, -0.15) is 21.6 Å². The van der Waals surface area contributed by atoms with Gasteiger partial charge in [-0.15, -0.1) is 0 Å². The predicted octanol–water partition coefficient (Wildman–Crippen LogP) is 3.36. The lowest BCUT2D eigenvalue weighted by Gasteiger charge is -2.14. The van der Waals surface area contributed by atoms with Crippen LogP contribution >= 0.6 is 0 Å². The van der Waals surface area contributed by atoms with Crippen LogP contribution in [-0.2, 0) is 14.3 Å². The molecule has 0 aliphatic heterocycles. The topological polar surface area (TPSA) is 43.4 Å². The second kappa shape index (κ2) is 6.19. The largest absolute Gasteiger partial charge is 0.523 e. The number of halogens is 3. The summed E-state index contributed by atoms with van der Waals surface area (Å²) in [5.74, 6) is 0. The van der Waals surface area contributed by atoms with Gasteiger partial charge in [-0.3, -0.25) is 4.18 Å². The minimum absolute atomic E-state index is 0.333. The van der Waals surface area contributed by atoms with Gasteiger partial charge in [0.1, 0.15) is 0 Å². The van der Waals surface area contributed by atoms with E-state index in [4.69, 9.17) is 0 Å². The van der Waals surface area contributed by atoms with Crippen molar-refractivity contribution in [3.8, 4) is 0 Å². The fraction of sp³-hybridized carbons (Fsp3) is 1.00. The summed E-state index contributed by atoms with van der Waals surface area (Å²) < 4.78 is 60.5. The van der Waals surface area contributed by atoms with Crippen LogP contribution in [0.4, 0.5) is 13.2 Å². The number of hydrogen-bond acceptors (Lipinski definition) is 3. The Hall–Kier alpha value is -0.0831. The summed E-state index contributed by atoms with van der Waals surface area (Å²) in [5, 5.41) is 0. The second-order valence-corrected chi connectivity index (χ2v) is 12.3. The zero-order valence-corrected chi connectivity index (χ0v) is 12.1. The van der Waals surface area contributed by atoms with Crippen LogP contribution < -0.4 is 0 Å². The Morgan fingerprint density at radius 1 is 1.06 bits per heavy atom. The molecule has 0 aromatic rings. The number of hydrogen-bond donors (Lipinski definition) is 0. The highest BCUT2D eigenvalue weighted by molar-refractivity contribution is 7.87. The lowest BCUT2D eigenvalue weighted by atomic mass is 10.3. The van der Waals surface area contributed by atoms with E-state index in [-0.39, 0.29) is 0 Å². The van der Waals surface area contributed by atoms with E-state index in [9.17, 15) is 21.6 Å². The summed E-state index contributed by atoms with van der Waals surface area (Å²) >= 11 is 0. The summed E-state index contributed by atoms with van der Waals surface area (Å²) in [4.78, 5) is 0. The molecule has 0 radical (unpaired) electrons. The molecule has 8 heteroatoms. The maximum atomic E-state index is 11.9. The van der Waals surface area contributed by atoms with Gasteiger partial charge < -0.3 is 0 Å². The summed E-state index contributed by atoms with van der Waals surface area (Å²) in [6, 6.07) is 1.08. The van der Waals surface area contributed by atoms with Crippen molar-refractivity contribution < 1.29 is 25.8 Å². The van der Waals surface area contributed by atoms with Gasteiger partial charge in [0.2, 0.25) is 0 Å². The third kappa shape index (κ3) is 7.77. The van der Waals surface area contributed by atoms with E-state index in [1.807, 2.05) is 0 Å². The van der Waals surface area contributed by atoms with Crippen molar-refractivity contribution in [1.82, 2.24) is 0 Å². The van der Waals surface area contributed by atoms with Gasteiger partial charge in [0.25, 0.3) is 0 Å². The molecule has 0 spiro atoms. The van der Waals surface area contributed by atoms with Crippen molar-refractivity contribution in [2.45, 2.75) is 50.5 Å². The van der Waals surface area contributed by atoms with Crippen LogP contribution in [0.25, 0.3) is 0 Å². The first kappa shape index (κ1) is 16.9. The number of unbranched alkanes of at least 4 members (excludes halogenated alkanes) is 2. The summed E-state index contributed by atoms with van der Waals surface area (Å²) in [6.07, 6.45) is 1.93. The van der Waals surface area contributed by atoms with Gasteiger partial charge in [0, 0.05) is 8.07 Å². The number of alkyl halides is 3. The average molecular weight is 292 g/mol. The molecular weight excluding hydrogens is 273 g/mol. The Kier molecular flexibility index (Phi) is 6.16. The summed E-state index contributed by atoms with van der Waals surface area (Å²) in [7, 11) is -6.53. The molecule has 0 N–H and O–H groups in total. The molecule has 0 rings (SSSR count). The minimum Gasteiger partial charge on any atom is -0.263 e. The smallest absolute Gasteiger partial charge is 0.263 e. The molecule has 0 aromatic carbocycles. The first-order valence-electron chi connectivity index (χ1n) is 5.41. The van der Waals surface area contributed by atoms with Gasteiger partial charge in [-0.1, -0.05) is 38.5 Å². The molecule has 0 aromatic heterocycles. The van der Waals surface area contributed by atoms with Crippen molar-refractivity contribution in [2.24, 2.45) is 0 Å². The molecule has 0 saturated carbocycles. The van der Waals surface area contributed by atoms with E-state index in [0.717, 1.165) is 12.5 Å². The Morgan fingerprint density at radius 2 is 1.59 bits per heavy atom. The van der Waals surface area contributed by atoms with Crippen molar-refractivity contribution in [3.63, 3.8) is 0 Å². The molecular formula is C9H19F3O3SSi. The molecule has 0 bridgehead atoms. The van der Waals surface area contributed by atoms with Crippen molar-refractivity contribution >= 4 is 18.2 Å². The van der Waals surface area contributed by atoms with Crippen LogP contribution in [0, 0.1) is 0 Å². The average Bonchev–Trinajstić information content (AvgIpc) is 2.07. The van der Waals surface area contributed by atoms with E-state index >= 15 is 0 Å². The Balaban J connectivity index is 3.74. The highest BCUT2D eigenvalue weighted by Gasteiger charge is 2.47. The second-order valence-electron chi connectivity index (χ2n) is 5.09. The Morgan fingerprint density at radius 3 is 2.00 bits per heavy atom. The molecule has 0 aliphatic rings. The fourth-order valence-corrected chi connectivity index (χ4v) is 2.95. The van der Waals surface area contributed by atoms with E-state index < -0.39 is 30.3 Å². The molecule has 104 valence electrons. The Bertz CT molecular complexity index is 319. The Labute approximate surface area is 101 Å². The predicted molar refractivity (Wildman–Crippen MR) is 62.9 cm³/mol. The number of rotatable bonds is 7. The lowest BCUT2D eigenvalue weighted by Crippen LogP contribution is -2.25. The third-order valence-electron chi connectivity index (χ3n) is 2.09. The van der Waals surface area contributed by atoms with E-state index in [0.29, 0.717) is 12.8 Å². The van der Waals surface area contributed by atoms with Gasteiger partial charge in [0.05, 0.1) is 6.61 Å². The highest BCUT2D eigenvalue weighted by Crippen LogP contribution is 2.24. The normalized spacial score (nSPS) is 14.0. The van der Waals surface area contributed by atoms with Gasteiger partial charge in [-0.25, -0.2) is 0 Å². The standard InChI is InChI=1S/C9H19F3O3SSi/c1-17(2,3)8-6-4-5-7-15-16(13,14)9(10,11)12/h4-8H2,1-3H3. The van der Waals surface area contributed by atoms with E-state index in [1.54, 1.807) is 0 Å². The molecule has 0 saturated heterocycles. The molecule has 0 heterocycles. The van der Waals surface area contributed by atoms with Gasteiger partial charge >= 0.3 is 15.6 Å². The maximum Gasteiger partial charge on any atom is 0.523 e. The first-order valence-corrected chi connectivity index (χ1v) is 10.5. The van der Waals surface area contributed by atoms with Crippen LogP contribution in [0.3, 0.4) is 0 Å². The van der Waals surface area contributed by atoms with Crippen molar-refractivity contribution in [1.29, 1.82) is 0 Å². The van der Waals surface area contributed by atoms with Crippen LogP contribution in [-0.4, -0.2) is 28.6 Å². The SMILES string of the molecule is C[Si](C)(C)CCCCCOS(=O)(=O)C(F)(F)F. The summed E-state index contributed by atoms with van der Waals surface area (Å²) in [5.41, 5.74) is -5.31.